The van der Waals surface area contributed by atoms with Gasteiger partial charge in [0.1, 0.15) is 12.6 Å². The molecule has 0 N–H and O–H groups in total. The average molecular weight is 273 g/mol. The summed E-state index contributed by atoms with van der Waals surface area (Å²) in [6, 6.07) is 9.10. The van der Waals surface area contributed by atoms with Crippen molar-refractivity contribution in [2.75, 3.05) is 6.54 Å². The van der Waals surface area contributed by atoms with E-state index in [2.05, 4.69) is 0 Å². The van der Waals surface area contributed by atoms with E-state index >= 15 is 0 Å². The SMILES string of the molecule is C/C=C/C(=O)N1CCC[C@H]1C(=O)OCc1ccccc1. The molecule has 1 aromatic rings. The number of benzene rings is 1. The minimum atomic E-state index is -0.442. The fourth-order valence-corrected chi connectivity index (χ4v) is 2.34. The fraction of sp³-hybridized carbons (Fsp3) is 0.375. The molecule has 1 saturated heterocycles. The molecule has 0 bridgehead atoms. The highest BCUT2D eigenvalue weighted by Gasteiger charge is 2.34. The minimum absolute atomic E-state index is 0.119. The van der Waals surface area contributed by atoms with Crippen LogP contribution in [0, 0.1) is 0 Å². The first-order valence-electron chi connectivity index (χ1n) is 6.86. The number of carbonyl (C=O) groups excluding carboxylic acids is 2. The molecule has 0 spiro atoms. The molecule has 4 heteroatoms. The van der Waals surface area contributed by atoms with Gasteiger partial charge >= 0.3 is 5.97 Å². The number of rotatable bonds is 4. The second-order valence-corrected chi connectivity index (χ2v) is 4.78. The van der Waals surface area contributed by atoms with Gasteiger partial charge in [0.15, 0.2) is 0 Å². The van der Waals surface area contributed by atoms with E-state index in [0.717, 1.165) is 12.0 Å². The first-order valence-corrected chi connectivity index (χ1v) is 6.86. The number of esters is 1. The summed E-state index contributed by atoms with van der Waals surface area (Å²) in [5.41, 5.74) is 0.949. The first kappa shape index (κ1) is 14.3. The van der Waals surface area contributed by atoms with Crippen LogP contribution < -0.4 is 0 Å². The molecule has 2 rings (SSSR count). The maximum absolute atomic E-state index is 12.1. The van der Waals surface area contributed by atoms with E-state index in [1.165, 1.54) is 6.08 Å². The Bertz CT molecular complexity index is 496. The van der Waals surface area contributed by atoms with Gasteiger partial charge in [0.2, 0.25) is 5.91 Å². The second kappa shape index (κ2) is 6.89. The monoisotopic (exact) mass is 273 g/mol. The number of nitrogens with zero attached hydrogens (tertiary/aromatic N) is 1. The Morgan fingerprint density at radius 3 is 2.80 bits per heavy atom. The van der Waals surface area contributed by atoms with E-state index in [0.29, 0.717) is 13.0 Å². The predicted octanol–water partition coefficient (Wildman–Crippen LogP) is 2.30. The summed E-state index contributed by atoms with van der Waals surface area (Å²) in [5, 5.41) is 0. The molecular weight excluding hydrogens is 254 g/mol. The van der Waals surface area contributed by atoms with E-state index in [1.807, 2.05) is 30.3 Å². The lowest BCUT2D eigenvalue weighted by molar-refractivity contribution is -0.153. The second-order valence-electron chi connectivity index (χ2n) is 4.78. The third-order valence-corrected chi connectivity index (χ3v) is 3.34. The zero-order valence-electron chi connectivity index (χ0n) is 11.6. The summed E-state index contributed by atoms with van der Waals surface area (Å²) in [7, 11) is 0. The van der Waals surface area contributed by atoms with Crippen molar-refractivity contribution >= 4 is 11.9 Å². The van der Waals surface area contributed by atoms with Crippen molar-refractivity contribution in [2.45, 2.75) is 32.4 Å². The summed E-state index contributed by atoms with van der Waals surface area (Å²) in [6.45, 7) is 2.66. The van der Waals surface area contributed by atoms with Crippen molar-refractivity contribution in [2.24, 2.45) is 0 Å². The zero-order chi connectivity index (χ0) is 14.4. The van der Waals surface area contributed by atoms with Crippen LogP contribution in [0.4, 0.5) is 0 Å². The Balaban J connectivity index is 1.93. The van der Waals surface area contributed by atoms with Crippen LogP contribution >= 0.6 is 0 Å². The van der Waals surface area contributed by atoms with Crippen molar-refractivity contribution in [1.82, 2.24) is 4.90 Å². The number of amides is 1. The standard InChI is InChI=1S/C16H19NO3/c1-2-7-15(18)17-11-6-10-14(17)16(19)20-12-13-8-4-3-5-9-13/h2-5,7-9,14H,6,10-12H2,1H3/b7-2+/t14-/m0/s1. The molecule has 1 fully saturated rings. The highest BCUT2D eigenvalue weighted by atomic mass is 16.5. The molecule has 0 aliphatic carbocycles. The van der Waals surface area contributed by atoms with Crippen LogP contribution in [0.15, 0.2) is 42.5 Å². The Kier molecular flexibility index (Phi) is 4.93. The minimum Gasteiger partial charge on any atom is -0.459 e. The number of hydrogen-bond donors (Lipinski definition) is 0. The van der Waals surface area contributed by atoms with Crippen LogP contribution in [-0.2, 0) is 20.9 Å². The zero-order valence-corrected chi connectivity index (χ0v) is 11.6. The summed E-state index contributed by atoms with van der Waals surface area (Å²) in [5.74, 6) is -0.434. The van der Waals surface area contributed by atoms with E-state index in [4.69, 9.17) is 4.74 Å². The molecule has 0 saturated carbocycles. The van der Waals surface area contributed by atoms with Gasteiger partial charge in [0.25, 0.3) is 0 Å². The van der Waals surface area contributed by atoms with Gasteiger partial charge in [-0.3, -0.25) is 4.79 Å². The molecule has 20 heavy (non-hydrogen) atoms. The maximum Gasteiger partial charge on any atom is 0.329 e. The van der Waals surface area contributed by atoms with Gasteiger partial charge in [-0.15, -0.1) is 0 Å². The summed E-state index contributed by atoms with van der Waals surface area (Å²) < 4.78 is 5.31. The summed E-state index contributed by atoms with van der Waals surface area (Å²) >= 11 is 0. The smallest absolute Gasteiger partial charge is 0.329 e. The molecule has 1 aliphatic heterocycles. The first-order chi connectivity index (χ1) is 9.72. The van der Waals surface area contributed by atoms with Crippen LogP contribution in [-0.4, -0.2) is 29.4 Å². The quantitative estimate of drug-likeness (QED) is 0.624. The molecule has 0 unspecified atom stereocenters. The predicted molar refractivity (Wildman–Crippen MR) is 75.8 cm³/mol. The molecular formula is C16H19NO3. The van der Waals surface area contributed by atoms with Gasteiger partial charge < -0.3 is 9.64 Å². The summed E-state index contributed by atoms with van der Waals surface area (Å²) in [4.78, 5) is 25.6. The normalized spacial score (nSPS) is 18.4. The van der Waals surface area contributed by atoms with Crippen molar-refractivity contribution in [3.8, 4) is 0 Å². The lowest BCUT2D eigenvalue weighted by Crippen LogP contribution is -2.40. The lowest BCUT2D eigenvalue weighted by Gasteiger charge is -2.21. The largest absolute Gasteiger partial charge is 0.459 e. The van der Waals surface area contributed by atoms with Crippen molar-refractivity contribution in [3.05, 3.63) is 48.0 Å². The van der Waals surface area contributed by atoms with Crippen molar-refractivity contribution in [1.29, 1.82) is 0 Å². The van der Waals surface area contributed by atoms with Crippen molar-refractivity contribution < 1.29 is 14.3 Å². The highest BCUT2D eigenvalue weighted by Crippen LogP contribution is 2.19. The Hall–Kier alpha value is -2.10. The molecule has 0 aromatic heterocycles. The van der Waals surface area contributed by atoms with Crippen LogP contribution in [0.2, 0.25) is 0 Å². The molecule has 1 amide bonds. The van der Waals surface area contributed by atoms with Gasteiger partial charge in [-0.1, -0.05) is 36.4 Å². The maximum atomic E-state index is 12.1. The molecule has 0 radical (unpaired) electrons. The van der Waals surface area contributed by atoms with Gasteiger partial charge in [-0.05, 0) is 31.4 Å². The van der Waals surface area contributed by atoms with E-state index in [9.17, 15) is 9.59 Å². The number of ether oxygens (including phenoxy) is 1. The Morgan fingerprint density at radius 1 is 1.35 bits per heavy atom. The van der Waals surface area contributed by atoms with Crippen LogP contribution in [0.25, 0.3) is 0 Å². The molecule has 4 nitrogen and oxygen atoms in total. The molecule has 1 aliphatic rings. The van der Waals surface area contributed by atoms with E-state index < -0.39 is 6.04 Å². The van der Waals surface area contributed by atoms with Gasteiger partial charge in [0, 0.05) is 6.54 Å². The van der Waals surface area contributed by atoms with Gasteiger partial charge in [-0.2, -0.15) is 0 Å². The van der Waals surface area contributed by atoms with Gasteiger partial charge in [-0.25, -0.2) is 4.79 Å². The third-order valence-electron chi connectivity index (χ3n) is 3.34. The van der Waals surface area contributed by atoms with Crippen molar-refractivity contribution in [3.63, 3.8) is 0 Å². The van der Waals surface area contributed by atoms with E-state index in [1.54, 1.807) is 17.9 Å². The number of likely N-dealkylation sites (tertiary alicyclic amines) is 1. The fourth-order valence-electron chi connectivity index (χ4n) is 2.34. The molecule has 106 valence electrons. The number of carbonyl (C=O) groups is 2. The summed E-state index contributed by atoms with van der Waals surface area (Å²) in [6.07, 6.45) is 4.70. The Morgan fingerprint density at radius 2 is 2.10 bits per heavy atom. The van der Waals surface area contributed by atoms with E-state index in [-0.39, 0.29) is 18.5 Å². The van der Waals surface area contributed by atoms with Crippen LogP contribution in [0.5, 0.6) is 0 Å². The highest BCUT2D eigenvalue weighted by molar-refractivity contribution is 5.91. The van der Waals surface area contributed by atoms with Crippen LogP contribution in [0.3, 0.4) is 0 Å². The Labute approximate surface area is 119 Å². The van der Waals surface area contributed by atoms with Crippen LogP contribution in [0.1, 0.15) is 25.3 Å². The molecule has 1 heterocycles. The number of hydrogen-bond acceptors (Lipinski definition) is 3. The molecule has 1 aromatic carbocycles. The topological polar surface area (TPSA) is 46.6 Å². The van der Waals surface area contributed by atoms with Gasteiger partial charge in [0.05, 0.1) is 0 Å². The molecule has 1 atom stereocenters. The lowest BCUT2D eigenvalue weighted by atomic mass is 10.2. The average Bonchev–Trinajstić information content (AvgIpc) is 2.96. The number of allylic oxidation sites excluding steroid dienone is 1. The third kappa shape index (κ3) is 3.47.